The number of benzene rings is 2. The Hall–Kier alpha value is -3.87. The number of aromatic nitrogens is 3. The normalized spacial score (nSPS) is 10.8. The maximum atomic E-state index is 11.8. The molecule has 7 nitrogen and oxygen atoms in total. The SMILES string of the molecule is COC(=O)c1ccc(-c2cc(-c3cnn(C)c3)nc3cc(OC)c(OC)cc23)cc1. The van der Waals surface area contributed by atoms with E-state index in [-0.39, 0.29) is 5.97 Å². The molecule has 0 aliphatic carbocycles. The van der Waals surface area contributed by atoms with E-state index < -0.39 is 0 Å². The Labute approximate surface area is 173 Å². The summed E-state index contributed by atoms with van der Waals surface area (Å²) in [4.78, 5) is 16.6. The highest BCUT2D eigenvalue weighted by Crippen LogP contribution is 2.38. The van der Waals surface area contributed by atoms with Crippen LogP contribution in [0.3, 0.4) is 0 Å². The topological polar surface area (TPSA) is 75.5 Å². The molecule has 0 atom stereocenters. The van der Waals surface area contributed by atoms with Crippen molar-refractivity contribution in [3.05, 3.63) is 60.4 Å². The van der Waals surface area contributed by atoms with Crippen LogP contribution in [0.5, 0.6) is 11.5 Å². The molecule has 4 aromatic rings. The first-order valence-electron chi connectivity index (χ1n) is 9.28. The molecular weight excluding hydrogens is 382 g/mol. The number of pyridine rings is 1. The Bertz CT molecular complexity index is 1230. The van der Waals surface area contributed by atoms with Gasteiger partial charge in [-0.2, -0.15) is 5.10 Å². The van der Waals surface area contributed by atoms with Gasteiger partial charge in [0.15, 0.2) is 11.5 Å². The van der Waals surface area contributed by atoms with Crippen LogP contribution in [-0.2, 0) is 11.8 Å². The van der Waals surface area contributed by atoms with Crippen molar-refractivity contribution in [2.75, 3.05) is 21.3 Å². The molecule has 4 rings (SSSR count). The van der Waals surface area contributed by atoms with Crippen molar-refractivity contribution in [2.24, 2.45) is 7.05 Å². The Morgan fingerprint density at radius 3 is 2.23 bits per heavy atom. The van der Waals surface area contributed by atoms with Crippen LogP contribution < -0.4 is 9.47 Å². The van der Waals surface area contributed by atoms with Crippen molar-refractivity contribution in [3.63, 3.8) is 0 Å². The predicted molar refractivity (Wildman–Crippen MR) is 114 cm³/mol. The minimum absolute atomic E-state index is 0.372. The van der Waals surface area contributed by atoms with E-state index in [4.69, 9.17) is 19.2 Å². The highest BCUT2D eigenvalue weighted by atomic mass is 16.5. The van der Waals surface area contributed by atoms with Gasteiger partial charge in [-0.05, 0) is 35.4 Å². The first-order valence-corrected chi connectivity index (χ1v) is 9.28. The van der Waals surface area contributed by atoms with Crippen LogP contribution in [0.4, 0.5) is 0 Å². The van der Waals surface area contributed by atoms with E-state index in [1.807, 2.05) is 43.6 Å². The molecule has 0 fully saturated rings. The number of hydrogen-bond donors (Lipinski definition) is 0. The number of methoxy groups -OCH3 is 3. The number of rotatable bonds is 5. The molecule has 0 amide bonds. The molecule has 0 unspecified atom stereocenters. The van der Waals surface area contributed by atoms with Crippen LogP contribution >= 0.6 is 0 Å². The number of fused-ring (bicyclic) bond motifs is 1. The van der Waals surface area contributed by atoms with Crippen molar-refractivity contribution in [3.8, 4) is 33.9 Å². The fourth-order valence-corrected chi connectivity index (χ4v) is 3.40. The quantitative estimate of drug-likeness (QED) is 0.467. The number of hydrogen-bond acceptors (Lipinski definition) is 6. The van der Waals surface area contributed by atoms with E-state index in [1.165, 1.54) is 7.11 Å². The van der Waals surface area contributed by atoms with Gasteiger partial charge < -0.3 is 14.2 Å². The fourth-order valence-electron chi connectivity index (χ4n) is 3.40. The minimum Gasteiger partial charge on any atom is -0.493 e. The predicted octanol–water partition coefficient (Wildman–Crippen LogP) is 4.11. The van der Waals surface area contributed by atoms with Crippen molar-refractivity contribution in [1.82, 2.24) is 14.8 Å². The van der Waals surface area contributed by atoms with Gasteiger partial charge in [-0.25, -0.2) is 9.78 Å². The maximum Gasteiger partial charge on any atom is 0.337 e. The molecular formula is C23H21N3O4. The van der Waals surface area contributed by atoms with Crippen LogP contribution in [0.15, 0.2) is 54.9 Å². The highest BCUT2D eigenvalue weighted by molar-refractivity contribution is 5.99. The van der Waals surface area contributed by atoms with E-state index in [2.05, 4.69) is 5.10 Å². The minimum atomic E-state index is -0.372. The van der Waals surface area contributed by atoms with Gasteiger partial charge in [-0.15, -0.1) is 0 Å². The molecule has 0 aliphatic heterocycles. The van der Waals surface area contributed by atoms with E-state index >= 15 is 0 Å². The van der Waals surface area contributed by atoms with Gasteiger partial charge in [0.1, 0.15) is 0 Å². The summed E-state index contributed by atoms with van der Waals surface area (Å²) in [5.74, 6) is 0.852. The van der Waals surface area contributed by atoms with Crippen LogP contribution in [0.25, 0.3) is 33.3 Å². The molecule has 30 heavy (non-hydrogen) atoms. The summed E-state index contributed by atoms with van der Waals surface area (Å²) in [5, 5.41) is 5.17. The lowest BCUT2D eigenvalue weighted by atomic mass is 9.97. The summed E-state index contributed by atoms with van der Waals surface area (Å²) in [6, 6.07) is 13.1. The third-order valence-corrected chi connectivity index (χ3v) is 4.93. The van der Waals surface area contributed by atoms with Crippen LogP contribution in [0, 0.1) is 0 Å². The molecule has 0 saturated heterocycles. The zero-order valence-electron chi connectivity index (χ0n) is 17.2. The van der Waals surface area contributed by atoms with Crippen molar-refractivity contribution in [1.29, 1.82) is 0 Å². The number of nitrogens with zero attached hydrogens (tertiary/aromatic N) is 3. The Kier molecular flexibility index (Phi) is 5.10. The summed E-state index contributed by atoms with van der Waals surface area (Å²) in [6.45, 7) is 0. The maximum absolute atomic E-state index is 11.8. The summed E-state index contributed by atoms with van der Waals surface area (Å²) < 4.78 is 17.5. The van der Waals surface area contributed by atoms with Gasteiger partial charge in [0.05, 0.1) is 44.3 Å². The fraction of sp³-hybridized carbons (Fsp3) is 0.174. The zero-order valence-corrected chi connectivity index (χ0v) is 17.2. The molecule has 0 aliphatic rings. The molecule has 2 aromatic carbocycles. The smallest absolute Gasteiger partial charge is 0.337 e. The molecule has 2 aromatic heterocycles. The molecule has 0 bridgehead atoms. The third-order valence-electron chi connectivity index (χ3n) is 4.93. The highest BCUT2D eigenvalue weighted by Gasteiger charge is 2.15. The van der Waals surface area contributed by atoms with Gasteiger partial charge in [0.2, 0.25) is 0 Å². The summed E-state index contributed by atoms with van der Waals surface area (Å²) in [7, 11) is 6.43. The van der Waals surface area contributed by atoms with E-state index in [0.717, 1.165) is 33.3 Å². The molecule has 7 heteroatoms. The monoisotopic (exact) mass is 403 g/mol. The second-order valence-corrected chi connectivity index (χ2v) is 6.75. The largest absolute Gasteiger partial charge is 0.493 e. The summed E-state index contributed by atoms with van der Waals surface area (Å²) in [5.41, 5.74) is 4.84. The van der Waals surface area contributed by atoms with Gasteiger partial charge in [0.25, 0.3) is 0 Å². The standard InChI is InChI=1S/C23H21N3O4/c1-26-13-16(12-24-26)19-9-17(14-5-7-15(8-6-14)23(27)30-4)18-10-21(28-2)22(29-3)11-20(18)25-19/h5-13H,1-4H3. The van der Waals surface area contributed by atoms with Crippen molar-refractivity contribution >= 4 is 16.9 Å². The second-order valence-electron chi connectivity index (χ2n) is 6.75. The Morgan fingerprint density at radius 2 is 1.63 bits per heavy atom. The number of carbonyl (C=O) groups excluding carboxylic acids is 1. The molecule has 0 saturated carbocycles. The Balaban J connectivity index is 1.96. The molecule has 0 radical (unpaired) electrons. The van der Waals surface area contributed by atoms with Crippen molar-refractivity contribution < 1.29 is 19.0 Å². The van der Waals surface area contributed by atoms with E-state index in [9.17, 15) is 4.79 Å². The van der Waals surface area contributed by atoms with Gasteiger partial charge >= 0.3 is 5.97 Å². The van der Waals surface area contributed by atoms with Crippen molar-refractivity contribution in [2.45, 2.75) is 0 Å². The van der Waals surface area contributed by atoms with Crippen LogP contribution in [-0.4, -0.2) is 42.1 Å². The van der Waals surface area contributed by atoms with Gasteiger partial charge in [0, 0.05) is 30.3 Å². The molecule has 0 N–H and O–H groups in total. The first kappa shape index (κ1) is 19.4. The summed E-state index contributed by atoms with van der Waals surface area (Å²) in [6.07, 6.45) is 3.69. The second kappa shape index (κ2) is 7.87. The van der Waals surface area contributed by atoms with E-state index in [0.29, 0.717) is 17.1 Å². The lowest BCUT2D eigenvalue weighted by Crippen LogP contribution is -2.00. The van der Waals surface area contributed by atoms with Gasteiger partial charge in [-0.3, -0.25) is 4.68 Å². The van der Waals surface area contributed by atoms with Crippen LogP contribution in [0.2, 0.25) is 0 Å². The first-order chi connectivity index (χ1) is 14.5. The van der Waals surface area contributed by atoms with E-state index in [1.54, 1.807) is 37.2 Å². The lowest BCUT2D eigenvalue weighted by Gasteiger charge is -2.14. The molecule has 152 valence electrons. The van der Waals surface area contributed by atoms with Crippen LogP contribution in [0.1, 0.15) is 10.4 Å². The van der Waals surface area contributed by atoms with Gasteiger partial charge in [-0.1, -0.05) is 12.1 Å². The Morgan fingerprint density at radius 1 is 0.933 bits per heavy atom. The average molecular weight is 403 g/mol. The number of ether oxygens (including phenoxy) is 3. The average Bonchev–Trinajstić information content (AvgIpc) is 3.23. The number of esters is 1. The lowest BCUT2D eigenvalue weighted by molar-refractivity contribution is 0.0601. The third kappa shape index (κ3) is 3.45. The molecule has 0 spiro atoms. The molecule has 2 heterocycles. The number of aryl methyl sites for hydroxylation is 1. The summed E-state index contributed by atoms with van der Waals surface area (Å²) >= 11 is 0. The number of carbonyl (C=O) groups is 1. The zero-order chi connectivity index (χ0) is 21.3.